The number of allylic oxidation sites excluding steroid dienone is 1. The summed E-state index contributed by atoms with van der Waals surface area (Å²) in [5.41, 5.74) is 2.61. The average Bonchev–Trinajstić information content (AvgIpc) is 2.40. The van der Waals surface area contributed by atoms with Crippen molar-refractivity contribution in [2.24, 2.45) is 5.92 Å². The summed E-state index contributed by atoms with van der Waals surface area (Å²) in [7, 11) is 1.08. The topological polar surface area (TPSA) is 9.23 Å². The second kappa shape index (κ2) is 6.06. The van der Waals surface area contributed by atoms with Crippen LogP contribution in [0, 0.1) is 5.92 Å². The molecule has 0 aromatic heterocycles. The van der Waals surface area contributed by atoms with Crippen molar-refractivity contribution in [2.45, 2.75) is 32.1 Å². The van der Waals surface area contributed by atoms with Crippen molar-refractivity contribution >= 4 is 15.8 Å². The molecule has 0 bridgehead atoms. The Hall–Kier alpha value is -1.02. The molecule has 1 saturated carbocycles. The van der Waals surface area contributed by atoms with Crippen LogP contribution in [0.3, 0.4) is 0 Å². The minimum Gasteiger partial charge on any atom is -0.498 e. The first kappa shape index (κ1) is 12.4. The molecular formula is C15H22OSi. The fourth-order valence-corrected chi connectivity index (χ4v) is 2.95. The maximum Gasteiger partial charge on any atom is 0.118 e. The molecule has 2 heteroatoms. The molecule has 1 nitrogen and oxygen atoms in total. The predicted octanol–water partition coefficient (Wildman–Crippen LogP) is 2.98. The summed E-state index contributed by atoms with van der Waals surface area (Å²) < 4.78 is 5.52. The van der Waals surface area contributed by atoms with Crippen LogP contribution in [0.1, 0.15) is 37.7 Å². The summed E-state index contributed by atoms with van der Waals surface area (Å²) in [6.07, 6.45) is 7.63. The normalized spacial score (nSPS) is 16.9. The van der Waals surface area contributed by atoms with E-state index in [2.05, 4.69) is 30.8 Å². The molecule has 1 aromatic rings. The maximum absolute atomic E-state index is 5.52. The monoisotopic (exact) mass is 246 g/mol. The van der Waals surface area contributed by atoms with Crippen LogP contribution in [0.25, 0.3) is 5.57 Å². The van der Waals surface area contributed by atoms with Crippen LogP contribution in [0.4, 0.5) is 0 Å². The van der Waals surface area contributed by atoms with Crippen LogP contribution in [0.5, 0.6) is 5.75 Å². The van der Waals surface area contributed by atoms with E-state index in [0.717, 1.165) is 22.2 Å². The quantitative estimate of drug-likeness (QED) is 0.742. The van der Waals surface area contributed by atoms with E-state index in [0.29, 0.717) is 5.92 Å². The molecule has 0 aliphatic heterocycles. The fourth-order valence-electron chi connectivity index (χ4n) is 2.62. The van der Waals surface area contributed by atoms with Gasteiger partial charge in [0.1, 0.15) is 5.75 Å². The second-order valence-electron chi connectivity index (χ2n) is 4.82. The summed E-state index contributed by atoms with van der Waals surface area (Å²) in [6, 6.07) is 8.45. The van der Waals surface area contributed by atoms with Crippen LogP contribution in [-0.4, -0.2) is 16.5 Å². The van der Waals surface area contributed by atoms with Gasteiger partial charge in [0.05, 0.1) is 16.5 Å². The van der Waals surface area contributed by atoms with Crippen LogP contribution < -0.4 is 4.74 Å². The molecular weight excluding hydrogens is 224 g/mol. The van der Waals surface area contributed by atoms with E-state index in [1.165, 1.54) is 43.2 Å². The molecule has 0 spiro atoms. The number of rotatable bonds is 4. The molecule has 2 rings (SSSR count). The number of benzene rings is 1. The highest BCUT2D eigenvalue weighted by molar-refractivity contribution is 6.08. The van der Waals surface area contributed by atoms with Crippen molar-refractivity contribution in [3.63, 3.8) is 0 Å². The Morgan fingerprint density at radius 3 is 2.41 bits per heavy atom. The lowest BCUT2D eigenvalue weighted by molar-refractivity contribution is 0.387. The van der Waals surface area contributed by atoms with Gasteiger partial charge >= 0.3 is 0 Å². The maximum atomic E-state index is 5.52. The highest BCUT2D eigenvalue weighted by atomic mass is 28.1. The fraction of sp³-hybridized carbons (Fsp3) is 0.467. The molecule has 0 unspecified atom stereocenters. The molecule has 1 fully saturated rings. The van der Waals surface area contributed by atoms with Gasteiger partial charge in [0, 0.05) is 0 Å². The van der Waals surface area contributed by atoms with Gasteiger partial charge in [0.2, 0.25) is 0 Å². The Kier molecular flexibility index (Phi) is 4.43. The van der Waals surface area contributed by atoms with Gasteiger partial charge < -0.3 is 4.74 Å². The summed E-state index contributed by atoms with van der Waals surface area (Å²) >= 11 is 0. The minimum absolute atomic E-state index is 0.703. The molecule has 0 heterocycles. The van der Waals surface area contributed by atoms with E-state index < -0.39 is 0 Å². The minimum atomic E-state index is 0.703. The standard InChI is InChI=1S/C15H22OSi/c1-12(13-5-3-2-4-6-13)14-7-9-15(10-8-14)16-11-17/h7-10,13H,1-6,11H2,17H3. The third-order valence-corrected chi connectivity index (χ3v) is 3.92. The summed E-state index contributed by atoms with van der Waals surface area (Å²) in [5.74, 6) is 1.69. The highest BCUT2D eigenvalue weighted by Gasteiger charge is 2.17. The Balaban J connectivity index is 2.03. The van der Waals surface area contributed by atoms with Crippen molar-refractivity contribution in [3.05, 3.63) is 36.4 Å². The van der Waals surface area contributed by atoms with Crippen molar-refractivity contribution < 1.29 is 4.74 Å². The van der Waals surface area contributed by atoms with Gasteiger partial charge in [0.25, 0.3) is 0 Å². The molecule has 0 atom stereocenters. The Labute approximate surface area is 107 Å². The van der Waals surface area contributed by atoms with Gasteiger partial charge in [-0.15, -0.1) is 0 Å². The van der Waals surface area contributed by atoms with Gasteiger partial charge in [-0.05, 0) is 42.0 Å². The predicted molar refractivity (Wildman–Crippen MR) is 77.5 cm³/mol. The van der Waals surface area contributed by atoms with Crippen LogP contribution >= 0.6 is 0 Å². The van der Waals surface area contributed by atoms with Crippen LogP contribution in [0.15, 0.2) is 30.8 Å². The molecule has 0 amide bonds. The molecule has 1 aromatic carbocycles. The molecule has 17 heavy (non-hydrogen) atoms. The van der Waals surface area contributed by atoms with Gasteiger partial charge in [-0.2, -0.15) is 0 Å². The molecule has 1 aliphatic rings. The Morgan fingerprint density at radius 2 is 1.82 bits per heavy atom. The smallest absolute Gasteiger partial charge is 0.118 e. The lowest BCUT2D eigenvalue weighted by atomic mass is 9.82. The first-order valence-corrected chi connectivity index (χ1v) is 8.14. The third-order valence-electron chi connectivity index (χ3n) is 3.63. The third kappa shape index (κ3) is 3.22. The molecule has 1 aliphatic carbocycles. The first-order valence-electron chi connectivity index (χ1n) is 6.73. The molecule has 0 N–H and O–H groups in total. The average molecular weight is 246 g/mol. The van der Waals surface area contributed by atoms with Crippen molar-refractivity contribution in [3.8, 4) is 5.75 Å². The largest absolute Gasteiger partial charge is 0.498 e. The number of hydrogen-bond acceptors (Lipinski definition) is 1. The lowest BCUT2D eigenvalue weighted by Gasteiger charge is -2.24. The zero-order chi connectivity index (χ0) is 12.1. The van der Waals surface area contributed by atoms with Crippen LogP contribution in [0.2, 0.25) is 0 Å². The zero-order valence-corrected chi connectivity index (χ0v) is 12.7. The summed E-state index contributed by atoms with van der Waals surface area (Å²) in [5, 5.41) is 0. The number of hydrogen-bond donors (Lipinski definition) is 0. The first-order chi connectivity index (χ1) is 8.31. The van der Waals surface area contributed by atoms with E-state index in [4.69, 9.17) is 4.74 Å². The zero-order valence-electron chi connectivity index (χ0n) is 10.7. The van der Waals surface area contributed by atoms with E-state index in [1.54, 1.807) is 0 Å². The van der Waals surface area contributed by atoms with Gasteiger partial charge in [-0.1, -0.05) is 38.0 Å². The van der Waals surface area contributed by atoms with E-state index in [-0.39, 0.29) is 0 Å². The van der Waals surface area contributed by atoms with Crippen LogP contribution in [-0.2, 0) is 0 Å². The van der Waals surface area contributed by atoms with E-state index in [9.17, 15) is 0 Å². The second-order valence-corrected chi connectivity index (χ2v) is 5.39. The van der Waals surface area contributed by atoms with Gasteiger partial charge in [0.15, 0.2) is 0 Å². The van der Waals surface area contributed by atoms with E-state index >= 15 is 0 Å². The molecule has 0 radical (unpaired) electrons. The molecule has 0 saturated heterocycles. The lowest BCUT2D eigenvalue weighted by Crippen LogP contribution is -2.07. The Morgan fingerprint density at radius 1 is 1.18 bits per heavy atom. The van der Waals surface area contributed by atoms with Crippen molar-refractivity contribution in [2.75, 3.05) is 6.23 Å². The van der Waals surface area contributed by atoms with Gasteiger partial charge in [-0.3, -0.25) is 0 Å². The van der Waals surface area contributed by atoms with E-state index in [1.807, 2.05) is 0 Å². The Bertz CT molecular complexity index is 363. The SMILES string of the molecule is C=C(c1ccc(OC[SiH3])cc1)C1CCCCC1. The molecule has 92 valence electrons. The highest BCUT2D eigenvalue weighted by Crippen LogP contribution is 2.34. The van der Waals surface area contributed by atoms with Crippen molar-refractivity contribution in [1.82, 2.24) is 0 Å². The van der Waals surface area contributed by atoms with Gasteiger partial charge in [-0.25, -0.2) is 0 Å². The number of ether oxygens (including phenoxy) is 1. The summed E-state index contributed by atoms with van der Waals surface area (Å²) in [6.45, 7) is 4.29. The summed E-state index contributed by atoms with van der Waals surface area (Å²) in [4.78, 5) is 0. The van der Waals surface area contributed by atoms with Crippen molar-refractivity contribution in [1.29, 1.82) is 0 Å².